The summed E-state index contributed by atoms with van der Waals surface area (Å²) in [4.78, 5) is 4.85. The number of nitrogens with zero attached hydrogens (tertiary/aromatic N) is 3. The minimum Gasteiger partial charge on any atom is -0.255 e. The van der Waals surface area contributed by atoms with Gasteiger partial charge in [0.1, 0.15) is 11.7 Å². The SMILES string of the molecule is Cc1ccc2c3c1c1nccc(C)c1c1n3c(c[n+]1C)C(C)(C)C2(C)C. The van der Waals surface area contributed by atoms with Crippen molar-refractivity contribution in [1.29, 1.82) is 0 Å². The molecule has 0 fully saturated rings. The van der Waals surface area contributed by atoms with Crippen molar-refractivity contribution in [3.63, 3.8) is 0 Å². The maximum atomic E-state index is 4.85. The van der Waals surface area contributed by atoms with Gasteiger partial charge in [-0.25, -0.2) is 4.57 Å². The van der Waals surface area contributed by atoms with Gasteiger partial charge in [0.2, 0.25) is 0 Å². The monoisotopic (exact) mass is 344 g/mol. The first-order valence-electron chi connectivity index (χ1n) is 9.40. The highest BCUT2D eigenvalue weighted by atomic mass is 15.1. The van der Waals surface area contributed by atoms with E-state index in [1.165, 1.54) is 44.3 Å². The lowest BCUT2D eigenvalue weighted by molar-refractivity contribution is -0.643. The van der Waals surface area contributed by atoms with Crippen molar-refractivity contribution < 1.29 is 4.57 Å². The van der Waals surface area contributed by atoms with Gasteiger partial charge in [-0.15, -0.1) is 0 Å². The second-order valence-corrected chi connectivity index (χ2v) is 9.04. The molecule has 0 radical (unpaired) electrons. The first-order chi connectivity index (χ1) is 12.2. The van der Waals surface area contributed by atoms with Gasteiger partial charge in [0, 0.05) is 22.6 Å². The fourth-order valence-electron chi connectivity index (χ4n) is 4.94. The Morgan fingerprint density at radius 1 is 0.923 bits per heavy atom. The molecule has 0 unspecified atom stereocenters. The van der Waals surface area contributed by atoms with Gasteiger partial charge in [0.25, 0.3) is 5.65 Å². The molecule has 3 aromatic heterocycles. The minimum atomic E-state index is 0.0240. The molecular weight excluding hydrogens is 318 g/mol. The Balaban J connectivity index is 2.27. The highest BCUT2D eigenvalue weighted by molar-refractivity contribution is 6.12. The maximum Gasteiger partial charge on any atom is 0.296 e. The molecule has 5 rings (SSSR count). The summed E-state index contributed by atoms with van der Waals surface area (Å²) in [5.41, 5.74) is 9.16. The van der Waals surface area contributed by atoms with E-state index in [4.69, 9.17) is 4.98 Å². The second kappa shape index (κ2) is 4.46. The summed E-state index contributed by atoms with van der Waals surface area (Å²) >= 11 is 0. The lowest BCUT2D eigenvalue weighted by atomic mass is 9.60. The molecule has 0 amide bonds. The Kier molecular flexibility index (Phi) is 2.71. The van der Waals surface area contributed by atoms with Crippen molar-refractivity contribution in [3.8, 4) is 0 Å². The van der Waals surface area contributed by atoms with Crippen LogP contribution >= 0.6 is 0 Å². The van der Waals surface area contributed by atoms with Gasteiger partial charge in [-0.05, 0) is 31.0 Å². The summed E-state index contributed by atoms with van der Waals surface area (Å²) in [6, 6.07) is 6.74. The third kappa shape index (κ3) is 1.52. The largest absolute Gasteiger partial charge is 0.296 e. The molecule has 26 heavy (non-hydrogen) atoms. The van der Waals surface area contributed by atoms with Crippen LogP contribution in [0.15, 0.2) is 30.6 Å². The van der Waals surface area contributed by atoms with Crippen molar-refractivity contribution >= 4 is 27.5 Å². The van der Waals surface area contributed by atoms with Crippen molar-refractivity contribution in [1.82, 2.24) is 9.38 Å². The number of aryl methyl sites for hydroxylation is 3. The van der Waals surface area contributed by atoms with E-state index < -0.39 is 0 Å². The van der Waals surface area contributed by atoms with E-state index in [1.807, 2.05) is 6.20 Å². The molecule has 1 aromatic carbocycles. The standard InChI is InChI=1S/C23H26N3/c1-13-8-9-15-20-17(13)19-18(14(2)10-11-24-19)21-25(7)12-16(26(20)21)23(5,6)22(15,3)4/h8-12H,1-7H3/q+1. The van der Waals surface area contributed by atoms with Gasteiger partial charge < -0.3 is 0 Å². The number of fused-ring (bicyclic) bond motifs is 3. The highest BCUT2D eigenvalue weighted by Gasteiger charge is 2.50. The van der Waals surface area contributed by atoms with E-state index in [-0.39, 0.29) is 10.8 Å². The van der Waals surface area contributed by atoms with E-state index in [1.54, 1.807) is 0 Å². The van der Waals surface area contributed by atoms with E-state index in [9.17, 15) is 0 Å². The van der Waals surface area contributed by atoms with E-state index in [0.717, 1.165) is 5.52 Å². The van der Waals surface area contributed by atoms with E-state index >= 15 is 0 Å². The fraction of sp³-hybridized carbons (Fsp3) is 0.391. The number of hydrogen-bond acceptors (Lipinski definition) is 1. The Morgan fingerprint density at radius 2 is 1.62 bits per heavy atom. The number of hydrogen-bond donors (Lipinski definition) is 0. The van der Waals surface area contributed by atoms with Gasteiger partial charge >= 0.3 is 0 Å². The molecule has 1 aliphatic rings. The van der Waals surface area contributed by atoms with Crippen molar-refractivity contribution in [2.45, 2.75) is 52.4 Å². The third-order valence-electron chi connectivity index (χ3n) is 7.21. The molecule has 0 spiro atoms. The van der Waals surface area contributed by atoms with Crippen LogP contribution < -0.4 is 4.57 Å². The van der Waals surface area contributed by atoms with Crippen molar-refractivity contribution in [2.24, 2.45) is 7.05 Å². The number of rotatable bonds is 0. The highest BCUT2D eigenvalue weighted by Crippen LogP contribution is 2.51. The summed E-state index contributed by atoms with van der Waals surface area (Å²) in [6.07, 6.45) is 4.28. The quantitative estimate of drug-likeness (QED) is 0.336. The Morgan fingerprint density at radius 3 is 2.35 bits per heavy atom. The predicted molar refractivity (Wildman–Crippen MR) is 107 cm³/mol. The third-order valence-corrected chi connectivity index (χ3v) is 7.21. The lowest BCUT2D eigenvalue weighted by Gasteiger charge is -2.43. The van der Waals surface area contributed by atoms with Gasteiger partial charge in [-0.3, -0.25) is 4.98 Å². The van der Waals surface area contributed by atoms with Gasteiger partial charge in [-0.2, -0.15) is 4.40 Å². The molecule has 0 atom stereocenters. The van der Waals surface area contributed by atoms with Crippen LogP contribution in [-0.2, 0) is 17.9 Å². The summed E-state index contributed by atoms with van der Waals surface area (Å²) in [5, 5.41) is 2.57. The number of benzene rings is 1. The Labute approximate surface area is 154 Å². The van der Waals surface area contributed by atoms with E-state index in [0.29, 0.717) is 0 Å². The molecule has 0 aliphatic carbocycles. The van der Waals surface area contributed by atoms with Crippen molar-refractivity contribution in [3.05, 3.63) is 53.0 Å². The first-order valence-corrected chi connectivity index (χ1v) is 9.40. The maximum absolute atomic E-state index is 4.85. The smallest absolute Gasteiger partial charge is 0.255 e. The Bertz CT molecular complexity index is 1260. The topological polar surface area (TPSA) is 21.2 Å². The number of aromatic nitrogens is 3. The van der Waals surface area contributed by atoms with Crippen LogP contribution in [0.2, 0.25) is 0 Å². The molecule has 1 aliphatic heterocycles. The summed E-state index contributed by atoms with van der Waals surface area (Å²) in [7, 11) is 2.17. The molecule has 0 bridgehead atoms. The average Bonchev–Trinajstić information content (AvgIpc) is 2.92. The van der Waals surface area contributed by atoms with Crippen LogP contribution in [0.25, 0.3) is 27.5 Å². The van der Waals surface area contributed by atoms with Crippen LogP contribution in [0.3, 0.4) is 0 Å². The van der Waals surface area contributed by atoms with Crippen LogP contribution in [0.1, 0.15) is 50.1 Å². The van der Waals surface area contributed by atoms with Crippen molar-refractivity contribution in [2.75, 3.05) is 0 Å². The molecule has 0 N–H and O–H groups in total. The molecular formula is C23H26N3+. The van der Waals surface area contributed by atoms with Crippen LogP contribution in [0, 0.1) is 13.8 Å². The number of pyridine rings is 2. The normalized spacial score (nSPS) is 17.7. The summed E-state index contributed by atoms with van der Waals surface area (Å²) in [5.74, 6) is 0. The molecule has 3 nitrogen and oxygen atoms in total. The molecule has 4 heterocycles. The van der Waals surface area contributed by atoms with E-state index in [2.05, 4.69) is 82.0 Å². The van der Waals surface area contributed by atoms with Gasteiger partial charge in [0.15, 0.2) is 5.69 Å². The predicted octanol–water partition coefficient (Wildman–Crippen LogP) is 4.65. The average molecular weight is 344 g/mol. The first kappa shape index (κ1) is 15.8. The zero-order chi connectivity index (χ0) is 18.6. The molecule has 132 valence electrons. The molecule has 0 saturated carbocycles. The van der Waals surface area contributed by atoms with Gasteiger partial charge in [0.05, 0.1) is 23.3 Å². The summed E-state index contributed by atoms with van der Waals surface area (Å²) < 4.78 is 4.81. The second-order valence-electron chi connectivity index (χ2n) is 9.04. The Hall–Kier alpha value is -2.42. The zero-order valence-electron chi connectivity index (χ0n) is 16.7. The fourth-order valence-corrected chi connectivity index (χ4v) is 4.94. The number of imidazole rings is 1. The minimum absolute atomic E-state index is 0.0240. The molecule has 0 saturated heterocycles. The molecule has 3 heteroatoms. The van der Waals surface area contributed by atoms with Crippen LogP contribution in [0.4, 0.5) is 0 Å². The molecule has 4 aromatic rings. The lowest BCUT2D eigenvalue weighted by Crippen LogP contribution is -2.44. The van der Waals surface area contributed by atoms with Crippen LogP contribution in [0.5, 0.6) is 0 Å². The zero-order valence-corrected chi connectivity index (χ0v) is 16.7. The van der Waals surface area contributed by atoms with Gasteiger partial charge in [-0.1, -0.05) is 39.8 Å². The van der Waals surface area contributed by atoms with Crippen LogP contribution in [-0.4, -0.2) is 9.38 Å². The summed E-state index contributed by atoms with van der Waals surface area (Å²) in [6.45, 7) is 13.9.